The average Bonchev–Trinajstić information content (AvgIpc) is 2.39. The molecule has 0 radical (unpaired) electrons. The highest BCUT2D eigenvalue weighted by molar-refractivity contribution is 5.90. The van der Waals surface area contributed by atoms with Gasteiger partial charge in [-0.25, -0.2) is 4.79 Å². The summed E-state index contributed by atoms with van der Waals surface area (Å²) in [5.74, 6) is -0.118. The molecule has 0 unspecified atom stereocenters. The molecule has 0 aromatic heterocycles. The summed E-state index contributed by atoms with van der Waals surface area (Å²) >= 11 is 0. The molecule has 114 valence electrons. The first-order chi connectivity index (χ1) is 9.97. The number of carboxylic acids is 1. The van der Waals surface area contributed by atoms with Crippen molar-refractivity contribution in [1.82, 2.24) is 5.32 Å². The van der Waals surface area contributed by atoms with E-state index >= 15 is 0 Å². The molecule has 6 heteroatoms. The van der Waals surface area contributed by atoms with E-state index in [-0.39, 0.29) is 6.54 Å². The van der Waals surface area contributed by atoms with Crippen LogP contribution in [0.5, 0.6) is 5.75 Å². The predicted octanol–water partition coefficient (Wildman–Crippen LogP) is 2.38. The molecule has 1 aromatic rings. The lowest BCUT2D eigenvalue weighted by atomic mass is 9.69. The van der Waals surface area contributed by atoms with Gasteiger partial charge in [0.05, 0.1) is 12.5 Å². The van der Waals surface area contributed by atoms with Crippen LogP contribution in [0.15, 0.2) is 18.2 Å². The summed E-state index contributed by atoms with van der Waals surface area (Å²) in [4.78, 5) is 23.1. The fourth-order valence-electron chi connectivity index (χ4n) is 2.39. The highest BCUT2D eigenvalue weighted by Gasteiger charge is 2.44. The predicted molar refractivity (Wildman–Crippen MR) is 78.7 cm³/mol. The molecule has 0 atom stereocenters. The number of carboxylic acid groups (broad SMARTS) is 1. The monoisotopic (exact) mass is 292 g/mol. The second kappa shape index (κ2) is 6.03. The average molecular weight is 292 g/mol. The molecule has 1 saturated carbocycles. The van der Waals surface area contributed by atoms with E-state index in [2.05, 4.69) is 10.6 Å². The zero-order valence-corrected chi connectivity index (χ0v) is 12.2. The number of urea groups is 1. The van der Waals surface area contributed by atoms with Crippen LogP contribution in [0, 0.1) is 12.3 Å². The van der Waals surface area contributed by atoms with Crippen molar-refractivity contribution in [2.45, 2.75) is 26.2 Å². The van der Waals surface area contributed by atoms with E-state index in [4.69, 9.17) is 4.74 Å². The normalized spacial score (nSPS) is 15.7. The third kappa shape index (κ3) is 3.26. The summed E-state index contributed by atoms with van der Waals surface area (Å²) in [6.07, 6.45) is 2.13. The molecule has 0 aliphatic heterocycles. The Kier molecular flexibility index (Phi) is 4.35. The van der Waals surface area contributed by atoms with Crippen molar-refractivity contribution in [3.8, 4) is 5.75 Å². The van der Waals surface area contributed by atoms with Crippen LogP contribution in [-0.2, 0) is 4.79 Å². The molecule has 6 nitrogen and oxygen atoms in total. The fourth-order valence-corrected chi connectivity index (χ4v) is 2.39. The Morgan fingerprint density at radius 2 is 2.10 bits per heavy atom. The standard InChI is InChI=1S/C15H20N2O4/c1-10-8-11(21-2)4-5-12(10)17-14(20)16-9-15(13(18)19)6-3-7-15/h4-5,8H,3,6-7,9H2,1-2H3,(H,18,19)(H2,16,17,20). The summed E-state index contributed by atoms with van der Waals surface area (Å²) in [5, 5.41) is 14.6. The summed E-state index contributed by atoms with van der Waals surface area (Å²) in [5.41, 5.74) is 0.763. The maximum absolute atomic E-state index is 11.9. The quantitative estimate of drug-likeness (QED) is 0.777. The van der Waals surface area contributed by atoms with Crippen LogP contribution in [-0.4, -0.2) is 30.8 Å². The highest BCUT2D eigenvalue weighted by atomic mass is 16.5. The lowest BCUT2D eigenvalue weighted by molar-refractivity contribution is -0.153. The van der Waals surface area contributed by atoms with Crippen molar-refractivity contribution in [2.24, 2.45) is 5.41 Å². The number of methoxy groups -OCH3 is 1. The van der Waals surface area contributed by atoms with Gasteiger partial charge in [-0.3, -0.25) is 4.79 Å². The van der Waals surface area contributed by atoms with Crippen LogP contribution < -0.4 is 15.4 Å². The summed E-state index contributed by atoms with van der Waals surface area (Å²) in [6.45, 7) is 2.02. The second-order valence-corrected chi connectivity index (χ2v) is 5.43. The van der Waals surface area contributed by atoms with Crippen molar-refractivity contribution in [3.63, 3.8) is 0 Å². The molecule has 2 rings (SSSR count). The van der Waals surface area contributed by atoms with Gasteiger partial charge in [0, 0.05) is 12.2 Å². The van der Waals surface area contributed by atoms with Crippen molar-refractivity contribution in [1.29, 1.82) is 0 Å². The molecule has 3 N–H and O–H groups in total. The molecule has 2 amide bonds. The second-order valence-electron chi connectivity index (χ2n) is 5.43. The molecule has 0 saturated heterocycles. The molecular formula is C15H20N2O4. The van der Waals surface area contributed by atoms with Gasteiger partial charge in [-0.1, -0.05) is 6.42 Å². The number of rotatable bonds is 5. The Morgan fingerprint density at radius 3 is 2.57 bits per heavy atom. The number of amides is 2. The van der Waals surface area contributed by atoms with Crippen LogP contribution in [0.4, 0.5) is 10.5 Å². The molecule has 0 spiro atoms. The van der Waals surface area contributed by atoms with E-state index in [0.717, 1.165) is 17.7 Å². The first kappa shape index (κ1) is 15.2. The van der Waals surface area contributed by atoms with Gasteiger partial charge in [-0.05, 0) is 43.5 Å². The van der Waals surface area contributed by atoms with E-state index in [1.54, 1.807) is 19.2 Å². The van der Waals surface area contributed by atoms with Crippen molar-refractivity contribution in [2.75, 3.05) is 19.0 Å². The Hall–Kier alpha value is -2.24. The van der Waals surface area contributed by atoms with E-state index in [9.17, 15) is 14.7 Å². The number of nitrogens with one attached hydrogen (secondary N) is 2. The maximum atomic E-state index is 11.9. The first-order valence-electron chi connectivity index (χ1n) is 6.90. The number of hydrogen-bond donors (Lipinski definition) is 3. The van der Waals surface area contributed by atoms with Gasteiger partial charge < -0.3 is 20.5 Å². The lowest BCUT2D eigenvalue weighted by Crippen LogP contribution is -2.48. The van der Waals surface area contributed by atoms with Gasteiger partial charge in [-0.15, -0.1) is 0 Å². The highest BCUT2D eigenvalue weighted by Crippen LogP contribution is 2.40. The maximum Gasteiger partial charge on any atom is 0.319 e. The SMILES string of the molecule is COc1ccc(NC(=O)NCC2(C(=O)O)CCC2)c(C)c1. The minimum absolute atomic E-state index is 0.156. The van der Waals surface area contributed by atoms with Crippen LogP contribution in [0.2, 0.25) is 0 Å². The minimum Gasteiger partial charge on any atom is -0.497 e. The number of carbonyl (C=O) groups excluding carboxylic acids is 1. The number of aliphatic carboxylic acids is 1. The molecule has 1 fully saturated rings. The van der Waals surface area contributed by atoms with Crippen molar-refractivity contribution >= 4 is 17.7 Å². The summed E-state index contributed by atoms with van der Waals surface area (Å²) in [6, 6.07) is 4.94. The molecule has 0 heterocycles. The van der Waals surface area contributed by atoms with E-state index < -0.39 is 17.4 Å². The number of hydrogen-bond acceptors (Lipinski definition) is 3. The summed E-state index contributed by atoms with van der Waals surface area (Å²) in [7, 11) is 1.58. The van der Waals surface area contributed by atoms with E-state index in [1.165, 1.54) is 0 Å². The van der Waals surface area contributed by atoms with Crippen LogP contribution >= 0.6 is 0 Å². The Bertz CT molecular complexity index is 553. The lowest BCUT2D eigenvalue weighted by Gasteiger charge is -2.37. The van der Waals surface area contributed by atoms with Crippen LogP contribution in [0.25, 0.3) is 0 Å². The van der Waals surface area contributed by atoms with Gasteiger partial charge in [0.1, 0.15) is 5.75 Å². The van der Waals surface area contributed by atoms with Crippen molar-refractivity contribution < 1.29 is 19.4 Å². The van der Waals surface area contributed by atoms with Crippen LogP contribution in [0.1, 0.15) is 24.8 Å². The Labute approximate surface area is 123 Å². The molecule has 1 aliphatic rings. The van der Waals surface area contributed by atoms with Crippen molar-refractivity contribution in [3.05, 3.63) is 23.8 Å². The Balaban J connectivity index is 1.91. The smallest absolute Gasteiger partial charge is 0.319 e. The largest absolute Gasteiger partial charge is 0.497 e. The van der Waals surface area contributed by atoms with Gasteiger partial charge >= 0.3 is 12.0 Å². The molecule has 0 bridgehead atoms. The number of aryl methyl sites for hydroxylation is 1. The van der Waals surface area contributed by atoms with Gasteiger partial charge in [0.15, 0.2) is 0 Å². The third-order valence-electron chi connectivity index (χ3n) is 4.03. The van der Waals surface area contributed by atoms with Crippen LogP contribution in [0.3, 0.4) is 0 Å². The Morgan fingerprint density at radius 1 is 1.38 bits per heavy atom. The first-order valence-corrected chi connectivity index (χ1v) is 6.90. The number of carbonyl (C=O) groups is 2. The number of benzene rings is 1. The minimum atomic E-state index is -0.838. The topological polar surface area (TPSA) is 87.7 Å². The number of anilines is 1. The van der Waals surface area contributed by atoms with Gasteiger partial charge in [-0.2, -0.15) is 0 Å². The summed E-state index contributed by atoms with van der Waals surface area (Å²) < 4.78 is 5.10. The fraction of sp³-hybridized carbons (Fsp3) is 0.467. The van der Waals surface area contributed by atoms with E-state index in [1.807, 2.05) is 13.0 Å². The van der Waals surface area contributed by atoms with Gasteiger partial charge in [0.25, 0.3) is 0 Å². The molecular weight excluding hydrogens is 272 g/mol. The zero-order chi connectivity index (χ0) is 15.5. The third-order valence-corrected chi connectivity index (χ3v) is 4.03. The molecule has 1 aromatic carbocycles. The molecule has 21 heavy (non-hydrogen) atoms. The molecule has 1 aliphatic carbocycles. The van der Waals surface area contributed by atoms with E-state index in [0.29, 0.717) is 18.5 Å². The number of ether oxygens (including phenoxy) is 1. The zero-order valence-electron chi connectivity index (χ0n) is 12.2. The van der Waals surface area contributed by atoms with Gasteiger partial charge in [0.2, 0.25) is 0 Å².